The van der Waals surface area contributed by atoms with Crippen molar-refractivity contribution in [3.05, 3.63) is 59.2 Å². The van der Waals surface area contributed by atoms with Crippen LogP contribution in [0.3, 0.4) is 0 Å². The molecule has 3 heterocycles. The molecule has 1 N–H and O–H groups in total. The summed E-state index contributed by atoms with van der Waals surface area (Å²) in [6.07, 6.45) is 6.97. The van der Waals surface area contributed by atoms with Gasteiger partial charge in [-0.15, -0.1) is 0 Å². The van der Waals surface area contributed by atoms with Gasteiger partial charge in [0.1, 0.15) is 0 Å². The zero-order chi connectivity index (χ0) is 16.2. The van der Waals surface area contributed by atoms with E-state index in [0.717, 1.165) is 23.2 Å². The molecule has 6 nitrogen and oxygen atoms in total. The lowest BCUT2D eigenvalue weighted by Gasteiger charge is -2.10. The molecule has 0 aliphatic carbocycles. The first-order chi connectivity index (χ1) is 11.2. The van der Waals surface area contributed by atoms with Crippen LogP contribution in [-0.2, 0) is 16.0 Å². The van der Waals surface area contributed by atoms with Crippen molar-refractivity contribution in [1.82, 2.24) is 15.3 Å². The van der Waals surface area contributed by atoms with E-state index < -0.39 is 5.97 Å². The van der Waals surface area contributed by atoms with Crippen LogP contribution in [0.15, 0.2) is 36.8 Å². The van der Waals surface area contributed by atoms with Crippen LogP contribution >= 0.6 is 0 Å². The molecule has 0 aromatic carbocycles. The fourth-order valence-corrected chi connectivity index (χ4v) is 2.63. The first kappa shape index (κ1) is 15.1. The number of hydrogen-bond acceptors (Lipinski definition) is 5. The number of carbonyl (C=O) groups excluding carboxylic acids is 2. The van der Waals surface area contributed by atoms with Crippen LogP contribution in [0.5, 0.6) is 0 Å². The lowest BCUT2D eigenvalue weighted by molar-refractivity contribution is -0.119. The molecule has 0 bridgehead atoms. The van der Waals surface area contributed by atoms with E-state index in [1.165, 1.54) is 13.3 Å². The van der Waals surface area contributed by atoms with Gasteiger partial charge in [0.05, 0.1) is 24.4 Å². The zero-order valence-corrected chi connectivity index (χ0v) is 12.8. The molecule has 1 amide bonds. The molecule has 2 aromatic heterocycles. The summed E-state index contributed by atoms with van der Waals surface area (Å²) < 4.78 is 4.70. The predicted molar refractivity (Wildman–Crippen MR) is 82.7 cm³/mol. The van der Waals surface area contributed by atoms with Crippen molar-refractivity contribution in [1.29, 1.82) is 0 Å². The third-order valence-electron chi connectivity index (χ3n) is 3.82. The van der Waals surface area contributed by atoms with Crippen LogP contribution in [0.2, 0.25) is 0 Å². The van der Waals surface area contributed by atoms with Gasteiger partial charge < -0.3 is 10.1 Å². The number of rotatable bonds is 4. The molecule has 0 radical (unpaired) electrons. The van der Waals surface area contributed by atoms with Gasteiger partial charge in [-0.25, -0.2) is 4.79 Å². The quantitative estimate of drug-likeness (QED) is 0.871. The number of nitrogens with one attached hydrogen (secondary N) is 1. The molecule has 1 fully saturated rings. The number of carbonyl (C=O) groups is 2. The number of nitrogens with zero attached hydrogens (tertiary/aromatic N) is 2. The Bertz CT molecular complexity index is 728. The number of ether oxygens (including phenoxy) is 1. The Kier molecular flexibility index (Phi) is 4.32. The fourth-order valence-electron chi connectivity index (χ4n) is 2.63. The number of hydrogen-bond donors (Lipinski definition) is 1. The summed E-state index contributed by atoms with van der Waals surface area (Å²) in [6, 6.07) is 5.70. The zero-order valence-electron chi connectivity index (χ0n) is 12.8. The molecule has 1 aliphatic rings. The van der Waals surface area contributed by atoms with Crippen LogP contribution in [0.1, 0.15) is 46.1 Å². The van der Waals surface area contributed by atoms with Crippen LogP contribution in [0.4, 0.5) is 0 Å². The van der Waals surface area contributed by atoms with E-state index in [4.69, 9.17) is 4.74 Å². The van der Waals surface area contributed by atoms with Gasteiger partial charge in [-0.05, 0) is 29.7 Å². The summed E-state index contributed by atoms with van der Waals surface area (Å²) in [5.41, 5.74) is 3.24. The molecule has 1 saturated heterocycles. The van der Waals surface area contributed by atoms with E-state index in [1.54, 1.807) is 18.5 Å². The maximum atomic E-state index is 11.5. The lowest BCUT2D eigenvalue weighted by Crippen LogP contribution is -2.19. The van der Waals surface area contributed by atoms with E-state index >= 15 is 0 Å². The first-order valence-electron chi connectivity index (χ1n) is 7.42. The van der Waals surface area contributed by atoms with Crippen LogP contribution in [-0.4, -0.2) is 29.0 Å². The average Bonchev–Trinajstić information content (AvgIpc) is 3.01. The van der Waals surface area contributed by atoms with Crippen molar-refractivity contribution < 1.29 is 14.3 Å². The summed E-state index contributed by atoms with van der Waals surface area (Å²) in [4.78, 5) is 31.3. The van der Waals surface area contributed by atoms with Crippen molar-refractivity contribution in [2.75, 3.05) is 7.11 Å². The molecule has 2 aromatic rings. The van der Waals surface area contributed by atoms with Crippen LogP contribution < -0.4 is 5.32 Å². The molecule has 0 saturated carbocycles. The molecule has 1 aliphatic heterocycles. The van der Waals surface area contributed by atoms with Crippen molar-refractivity contribution in [3.8, 4) is 0 Å². The Labute approximate surface area is 133 Å². The number of aromatic nitrogens is 2. The highest BCUT2D eigenvalue weighted by Gasteiger charge is 2.23. The Morgan fingerprint density at radius 1 is 1.30 bits per heavy atom. The highest BCUT2D eigenvalue weighted by Crippen LogP contribution is 2.22. The second kappa shape index (κ2) is 6.56. The van der Waals surface area contributed by atoms with Crippen molar-refractivity contribution in [2.45, 2.75) is 25.3 Å². The highest BCUT2D eigenvalue weighted by molar-refractivity contribution is 5.89. The predicted octanol–water partition coefficient (Wildman–Crippen LogP) is 1.81. The minimum absolute atomic E-state index is 0.0147. The van der Waals surface area contributed by atoms with Gasteiger partial charge in [-0.3, -0.25) is 14.8 Å². The van der Waals surface area contributed by atoms with E-state index in [-0.39, 0.29) is 11.9 Å². The summed E-state index contributed by atoms with van der Waals surface area (Å²) in [5.74, 6) is -0.323. The van der Waals surface area contributed by atoms with E-state index in [1.807, 2.05) is 12.1 Å². The SMILES string of the molecule is COC(=O)c1cncc(Cc2ccc(C3CCC(=O)N3)nc2)c1. The molecular formula is C17H17N3O3. The van der Waals surface area contributed by atoms with Gasteiger partial charge in [-0.1, -0.05) is 6.07 Å². The Balaban J connectivity index is 1.71. The Hall–Kier alpha value is -2.76. The summed E-state index contributed by atoms with van der Waals surface area (Å²) in [7, 11) is 1.35. The molecule has 118 valence electrons. The smallest absolute Gasteiger partial charge is 0.339 e. The second-order valence-corrected chi connectivity index (χ2v) is 5.50. The van der Waals surface area contributed by atoms with Gasteiger partial charge >= 0.3 is 5.97 Å². The third kappa shape index (κ3) is 3.53. The first-order valence-corrected chi connectivity index (χ1v) is 7.42. The normalized spacial score (nSPS) is 16.9. The Morgan fingerprint density at radius 3 is 2.83 bits per heavy atom. The molecule has 3 rings (SSSR count). The van der Waals surface area contributed by atoms with Gasteiger partial charge in [0.15, 0.2) is 0 Å². The maximum Gasteiger partial charge on any atom is 0.339 e. The minimum Gasteiger partial charge on any atom is -0.465 e. The second-order valence-electron chi connectivity index (χ2n) is 5.50. The lowest BCUT2D eigenvalue weighted by atomic mass is 10.1. The maximum absolute atomic E-state index is 11.5. The standard InChI is InChI=1S/C17H17N3O3/c1-23-17(22)13-7-12(8-18-10-13)6-11-2-3-14(19-9-11)15-4-5-16(21)20-15/h2-3,7-10,15H,4-6H2,1H3,(H,20,21). The van der Waals surface area contributed by atoms with Gasteiger partial charge in [0.2, 0.25) is 5.91 Å². The highest BCUT2D eigenvalue weighted by atomic mass is 16.5. The molecule has 6 heteroatoms. The van der Waals surface area contributed by atoms with Crippen molar-refractivity contribution in [3.63, 3.8) is 0 Å². The molecule has 1 atom stereocenters. The number of methoxy groups -OCH3 is 1. The topological polar surface area (TPSA) is 81.2 Å². The van der Waals surface area contributed by atoms with Crippen LogP contribution in [0.25, 0.3) is 0 Å². The van der Waals surface area contributed by atoms with Crippen LogP contribution in [0, 0.1) is 0 Å². The van der Waals surface area contributed by atoms with E-state index in [0.29, 0.717) is 18.4 Å². The molecule has 0 spiro atoms. The molecular weight excluding hydrogens is 294 g/mol. The third-order valence-corrected chi connectivity index (χ3v) is 3.82. The number of esters is 1. The monoisotopic (exact) mass is 311 g/mol. The minimum atomic E-state index is -0.398. The largest absolute Gasteiger partial charge is 0.465 e. The molecule has 23 heavy (non-hydrogen) atoms. The molecule has 1 unspecified atom stereocenters. The van der Waals surface area contributed by atoms with E-state index in [9.17, 15) is 9.59 Å². The number of amides is 1. The number of pyridine rings is 2. The average molecular weight is 311 g/mol. The summed E-state index contributed by atoms with van der Waals surface area (Å²) in [5, 5.41) is 2.90. The van der Waals surface area contributed by atoms with Gasteiger partial charge in [0.25, 0.3) is 0 Å². The van der Waals surface area contributed by atoms with Gasteiger partial charge in [0, 0.05) is 31.4 Å². The van der Waals surface area contributed by atoms with Gasteiger partial charge in [-0.2, -0.15) is 0 Å². The Morgan fingerprint density at radius 2 is 2.17 bits per heavy atom. The van der Waals surface area contributed by atoms with Crippen molar-refractivity contribution >= 4 is 11.9 Å². The summed E-state index contributed by atoms with van der Waals surface area (Å²) in [6.45, 7) is 0. The summed E-state index contributed by atoms with van der Waals surface area (Å²) >= 11 is 0. The fraction of sp³-hybridized carbons (Fsp3) is 0.294. The van der Waals surface area contributed by atoms with E-state index in [2.05, 4.69) is 15.3 Å². The van der Waals surface area contributed by atoms with Crippen molar-refractivity contribution in [2.24, 2.45) is 0 Å².